The molecule has 162 valence electrons. The Labute approximate surface area is 212 Å². The van der Waals surface area contributed by atoms with Crippen molar-refractivity contribution in [1.29, 1.82) is 0 Å². The molecular weight excluding hydrogens is 541 g/mol. The van der Waals surface area contributed by atoms with Crippen LogP contribution in [0.3, 0.4) is 0 Å². The Morgan fingerprint density at radius 1 is 0.500 bits per heavy atom. The monoisotopic (exact) mass is 547 g/mol. The van der Waals surface area contributed by atoms with Crippen molar-refractivity contribution >= 4 is 69.6 Å². The molecule has 9 heteroatoms. The summed E-state index contributed by atoms with van der Waals surface area (Å²) in [6.07, 6.45) is 0. The molecule has 1 aromatic heterocycles. The lowest BCUT2D eigenvalue weighted by molar-refractivity contribution is 0.585. The molecule has 0 spiro atoms. The van der Waals surface area contributed by atoms with Gasteiger partial charge in [0.15, 0.2) is 11.6 Å². The second-order valence-electron chi connectivity index (χ2n) is 6.68. The highest BCUT2D eigenvalue weighted by atomic mass is 35.5. The molecule has 0 saturated heterocycles. The molecule has 1 nitrogen and oxygen atoms in total. The van der Waals surface area contributed by atoms with Gasteiger partial charge in [0.05, 0.1) is 15.6 Å². The third-order valence-electron chi connectivity index (χ3n) is 4.64. The fourth-order valence-corrected chi connectivity index (χ4v) is 4.33. The molecule has 0 radical (unpaired) electrons. The van der Waals surface area contributed by atoms with E-state index in [1.54, 1.807) is 0 Å². The number of benzene rings is 3. The highest BCUT2D eigenvalue weighted by Gasteiger charge is 2.27. The van der Waals surface area contributed by atoms with E-state index in [1.165, 1.54) is 54.6 Å². The van der Waals surface area contributed by atoms with Gasteiger partial charge in [-0.25, -0.2) is 13.8 Å². The van der Waals surface area contributed by atoms with Gasteiger partial charge in [-0.05, 0) is 54.6 Å². The van der Waals surface area contributed by atoms with Crippen LogP contribution in [0.1, 0.15) is 0 Å². The van der Waals surface area contributed by atoms with Crippen molar-refractivity contribution in [2.75, 3.05) is 0 Å². The highest BCUT2D eigenvalue weighted by molar-refractivity contribution is 6.37. The first kappa shape index (κ1) is 23.6. The molecule has 0 unspecified atom stereocenters. The molecule has 0 saturated carbocycles. The van der Waals surface area contributed by atoms with Gasteiger partial charge in [0.1, 0.15) is 11.4 Å². The van der Waals surface area contributed by atoms with Gasteiger partial charge in [-0.2, -0.15) is 0 Å². The maximum absolute atomic E-state index is 15.8. The summed E-state index contributed by atoms with van der Waals surface area (Å²) < 4.78 is 31.7. The van der Waals surface area contributed by atoms with Crippen LogP contribution in [0.4, 0.5) is 8.78 Å². The summed E-state index contributed by atoms with van der Waals surface area (Å²) in [4.78, 5) is 4.24. The summed E-state index contributed by atoms with van der Waals surface area (Å²) in [6, 6.07) is 13.2. The molecule has 0 aliphatic rings. The van der Waals surface area contributed by atoms with Crippen LogP contribution in [0.2, 0.25) is 30.1 Å². The zero-order valence-corrected chi connectivity index (χ0v) is 20.2. The van der Waals surface area contributed by atoms with Crippen molar-refractivity contribution in [3.63, 3.8) is 0 Å². The summed E-state index contributed by atoms with van der Waals surface area (Å²) in [5.41, 5.74) is -0.558. The molecule has 4 rings (SSSR count). The lowest BCUT2D eigenvalue weighted by atomic mass is 9.98. The molecule has 0 aliphatic carbocycles. The zero-order valence-electron chi connectivity index (χ0n) is 15.7. The Bertz CT molecular complexity index is 1300. The molecule has 0 bridgehead atoms. The van der Waals surface area contributed by atoms with Crippen LogP contribution in [0.25, 0.3) is 33.6 Å². The average Bonchev–Trinajstić information content (AvgIpc) is 2.75. The molecule has 0 N–H and O–H groups in total. The predicted octanol–water partition coefficient (Wildman–Crippen LogP) is 10.3. The smallest absolute Gasteiger partial charge is 0.160 e. The predicted molar refractivity (Wildman–Crippen MR) is 131 cm³/mol. The summed E-state index contributed by atoms with van der Waals surface area (Å²) in [6.45, 7) is 0. The third-order valence-corrected chi connectivity index (χ3v) is 6.34. The first-order valence-corrected chi connectivity index (χ1v) is 11.2. The summed E-state index contributed by atoms with van der Waals surface area (Å²) in [5.74, 6) is -1.98. The minimum Gasteiger partial charge on any atom is -0.241 e. The SMILES string of the molecule is Fc1c(-c2cc(Cl)ccc2Cl)nc(-c2cc(Cl)ccc2Cl)c(F)c1-c1cc(Cl)ccc1Cl. The standard InChI is InChI=1S/C23H9Cl6F2N/c24-10-1-4-16(27)13(7-10)19-20(30)22(14-8-11(25)2-5-17(14)28)32-23(21(19)31)15-9-12(26)3-6-18(15)29/h1-9H. The molecule has 0 amide bonds. The Morgan fingerprint density at radius 3 is 1.25 bits per heavy atom. The van der Waals surface area contributed by atoms with Gasteiger partial charge in [-0.3, -0.25) is 0 Å². The number of pyridine rings is 1. The van der Waals surface area contributed by atoms with Gasteiger partial charge < -0.3 is 0 Å². The van der Waals surface area contributed by atoms with Crippen LogP contribution in [0, 0.1) is 11.6 Å². The Balaban J connectivity index is 2.16. The topological polar surface area (TPSA) is 12.9 Å². The number of rotatable bonds is 3. The number of halogens is 8. The van der Waals surface area contributed by atoms with E-state index in [9.17, 15) is 0 Å². The number of hydrogen-bond donors (Lipinski definition) is 0. The maximum Gasteiger partial charge on any atom is 0.160 e. The van der Waals surface area contributed by atoms with E-state index in [1.807, 2.05) is 0 Å². The molecule has 32 heavy (non-hydrogen) atoms. The lowest BCUT2D eigenvalue weighted by Crippen LogP contribution is -2.03. The number of aromatic nitrogens is 1. The second kappa shape index (κ2) is 9.34. The van der Waals surface area contributed by atoms with E-state index in [2.05, 4.69) is 4.98 Å². The van der Waals surface area contributed by atoms with Crippen LogP contribution in [0.5, 0.6) is 0 Å². The zero-order chi connectivity index (χ0) is 23.2. The van der Waals surface area contributed by atoms with Crippen molar-refractivity contribution in [2.24, 2.45) is 0 Å². The molecule has 4 aromatic rings. The van der Waals surface area contributed by atoms with Crippen molar-refractivity contribution < 1.29 is 8.78 Å². The van der Waals surface area contributed by atoms with Crippen molar-refractivity contribution in [1.82, 2.24) is 4.98 Å². The quantitative estimate of drug-likeness (QED) is 0.248. The minimum absolute atomic E-state index is 0.0374. The first-order chi connectivity index (χ1) is 15.2. The largest absolute Gasteiger partial charge is 0.241 e. The van der Waals surface area contributed by atoms with Gasteiger partial charge in [0.2, 0.25) is 0 Å². The van der Waals surface area contributed by atoms with Crippen LogP contribution < -0.4 is 0 Å². The molecule has 0 atom stereocenters. The fraction of sp³-hybridized carbons (Fsp3) is 0. The van der Waals surface area contributed by atoms with Gasteiger partial charge in [0.25, 0.3) is 0 Å². The summed E-state index contributed by atoms with van der Waals surface area (Å²) >= 11 is 37.1. The Kier molecular flexibility index (Phi) is 6.88. The first-order valence-electron chi connectivity index (χ1n) is 8.92. The lowest BCUT2D eigenvalue weighted by Gasteiger charge is -2.16. The Hall–Kier alpha value is -1.59. The van der Waals surface area contributed by atoms with Gasteiger partial charge in [-0.15, -0.1) is 0 Å². The molecule has 3 aromatic carbocycles. The summed E-state index contributed by atoms with van der Waals surface area (Å²) in [5, 5.41) is 1.24. The summed E-state index contributed by atoms with van der Waals surface area (Å²) in [7, 11) is 0. The number of hydrogen-bond acceptors (Lipinski definition) is 1. The van der Waals surface area contributed by atoms with Gasteiger partial charge >= 0.3 is 0 Å². The van der Waals surface area contributed by atoms with Crippen molar-refractivity contribution in [3.05, 3.63) is 96.4 Å². The van der Waals surface area contributed by atoms with Crippen molar-refractivity contribution in [3.8, 4) is 33.6 Å². The normalized spacial score (nSPS) is 11.1. The van der Waals surface area contributed by atoms with E-state index in [-0.39, 0.29) is 48.2 Å². The molecule has 0 aliphatic heterocycles. The second-order valence-corrected chi connectivity index (χ2v) is 9.22. The van der Waals surface area contributed by atoms with E-state index in [4.69, 9.17) is 69.6 Å². The van der Waals surface area contributed by atoms with Crippen molar-refractivity contribution in [2.45, 2.75) is 0 Å². The molecule has 1 heterocycles. The molecular formula is C23H9Cl6F2N. The Morgan fingerprint density at radius 2 is 0.844 bits per heavy atom. The van der Waals surface area contributed by atoms with E-state index >= 15 is 8.78 Å². The van der Waals surface area contributed by atoms with Crippen LogP contribution >= 0.6 is 69.6 Å². The van der Waals surface area contributed by atoms with Gasteiger partial charge in [0, 0.05) is 36.8 Å². The van der Waals surface area contributed by atoms with Gasteiger partial charge in [-0.1, -0.05) is 69.6 Å². The van der Waals surface area contributed by atoms with Crippen LogP contribution in [-0.4, -0.2) is 4.98 Å². The number of nitrogens with zero attached hydrogens (tertiary/aromatic N) is 1. The van der Waals surface area contributed by atoms with Crippen LogP contribution in [0.15, 0.2) is 54.6 Å². The average molecular weight is 550 g/mol. The van der Waals surface area contributed by atoms with E-state index in [0.717, 1.165) is 0 Å². The molecule has 0 fully saturated rings. The van der Waals surface area contributed by atoms with E-state index in [0.29, 0.717) is 10.0 Å². The third kappa shape index (κ3) is 4.43. The van der Waals surface area contributed by atoms with Crippen LogP contribution in [-0.2, 0) is 0 Å². The minimum atomic E-state index is -0.988. The highest BCUT2D eigenvalue weighted by Crippen LogP contribution is 2.43. The fourth-order valence-electron chi connectivity index (χ4n) is 3.18. The maximum atomic E-state index is 15.8. The van der Waals surface area contributed by atoms with E-state index < -0.39 is 17.2 Å².